The molecule has 3 aliphatic heterocycles. The first-order valence-electron chi connectivity index (χ1n) is 13.0. The number of benzene rings is 2. The minimum absolute atomic E-state index is 0.201. The summed E-state index contributed by atoms with van der Waals surface area (Å²) in [6.45, 7) is 5.58. The Labute approximate surface area is 231 Å². The van der Waals surface area contributed by atoms with E-state index in [1.807, 2.05) is 81.4 Å². The Balaban J connectivity index is 1.54. The number of rotatable bonds is 7. The van der Waals surface area contributed by atoms with E-state index < -0.39 is 41.2 Å². The first kappa shape index (κ1) is 26.8. The summed E-state index contributed by atoms with van der Waals surface area (Å²) >= 11 is 3.69. The fraction of sp³-hybridized carbons (Fsp3) is 0.483. The molecule has 9 heteroatoms. The van der Waals surface area contributed by atoms with Crippen LogP contribution < -0.4 is 10.6 Å². The van der Waals surface area contributed by atoms with Crippen LogP contribution in [0.25, 0.3) is 0 Å². The minimum Gasteiger partial charge on any atom is -0.394 e. The number of aliphatic hydroxyl groups excluding tert-OH is 1. The maximum Gasteiger partial charge on any atom is 0.246 e. The molecule has 0 aliphatic carbocycles. The predicted octanol–water partition coefficient (Wildman–Crippen LogP) is 2.70. The van der Waals surface area contributed by atoms with Gasteiger partial charge in [0.2, 0.25) is 17.7 Å². The van der Waals surface area contributed by atoms with Crippen molar-refractivity contribution in [1.82, 2.24) is 15.5 Å². The average molecular weight is 585 g/mol. The van der Waals surface area contributed by atoms with Gasteiger partial charge in [-0.2, -0.15) is 0 Å². The molecule has 3 saturated heterocycles. The number of amides is 3. The van der Waals surface area contributed by atoms with E-state index in [0.29, 0.717) is 18.5 Å². The van der Waals surface area contributed by atoms with Crippen molar-refractivity contribution in [3.05, 3.63) is 71.8 Å². The highest BCUT2D eigenvalue weighted by Crippen LogP contribution is 2.61. The number of alkyl halides is 1. The van der Waals surface area contributed by atoms with Crippen LogP contribution in [0.15, 0.2) is 60.7 Å². The van der Waals surface area contributed by atoms with Crippen molar-refractivity contribution >= 4 is 33.7 Å². The van der Waals surface area contributed by atoms with Gasteiger partial charge in [-0.05, 0) is 38.3 Å². The molecule has 2 bridgehead atoms. The highest BCUT2D eigenvalue weighted by Gasteiger charge is 2.77. The normalized spacial score (nSPS) is 30.7. The Hall–Kier alpha value is -2.75. The number of nitrogens with one attached hydrogen (secondary N) is 2. The molecule has 0 aromatic heterocycles. The molecule has 0 saturated carbocycles. The first-order chi connectivity index (χ1) is 18.1. The lowest BCUT2D eigenvalue weighted by Crippen LogP contribution is -2.59. The number of carbonyl (C=O) groups excluding carboxylic acids is 3. The molecule has 2 aromatic rings. The van der Waals surface area contributed by atoms with Crippen LogP contribution in [0.3, 0.4) is 0 Å². The molecule has 3 N–H and O–H groups in total. The van der Waals surface area contributed by atoms with Gasteiger partial charge in [0.25, 0.3) is 0 Å². The number of aliphatic hydroxyl groups is 1. The van der Waals surface area contributed by atoms with Crippen LogP contribution in [-0.2, 0) is 25.7 Å². The molecule has 0 radical (unpaired) electrons. The number of likely N-dealkylation sites (tertiary alicyclic amines) is 1. The zero-order valence-corrected chi connectivity index (χ0v) is 23.4. The molecule has 3 unspecified atom stereocenters. The van der Waals surface area contributed by atoms with E-state index in [9.17, 15) is 19.5 Å². The van der Waals surface area contributed by atoms with Crippen LogP contribution in [-0.4, -0.2) is 62.4 Å². The van der Waals surface area contributed by atoms with Gasteiger partial charge in [-0.25, -0.2) is 0 Å². The monoisotopic (exact) mass is 583 g/mol. The maximum absolute atomic E-state index is 14.3. The third-order valence-corrected chi connectivity index (χ3v) is 8.62. The Morgan fingerprint density at radius 1 is 1.11 bits per heavy atom. The zero-order valence-electron chi connectivity index (χ0n) is 21.8. The smallest absolute Gasteiger partial charge is 0.246 e. The summed E-state index contributed by atoms with van der Waals surface area (Å²) in [6, 6.07) is 17.0. The summed E-state index contributed by atoms with van der Waals surface area (Å²) in [4.78, 5) is 43.1. The number of fused-ring (bicyclic) bond motifs is 1. The number of hydrogen-bond acceptors (Lipinski definition) is 5. The van der Waals surface area contributed by atoms with Gasteiger partial charge in [-0.1, -0.05) is 76.6 Å². The molecular formula is C29H34BrN3O5. The second-order valence-corrected chi connectivity index (χ2v) is 12.6. The number of ether oxygens (including phenoxy) is 1. The number of carbonyl (C=O) groups is 3. The van der Waals surface area contributed by atoms with Crippen LogP contribution in [0.1, 0.15) is 44.4 Å². The molecule has 38 heavy (non-hydrogen) atoms. The third-order valence-electron chi connectivity index (χ3n) is 7.78. The highest BCUT2D eigenvalue weighted by molar-refractivity contribution is 9.09. The van der Waals surface area contributed by atoms with Crippen molar-refractivity contribution in [2.24, 2.45) is 11.8 Å². The standard InChI is InChI=1S/C29H34BrN3O5/c1-28(2,3)32-26(36)24-29-14-19(30)23(38-29)21(25(35)31-15-17-10-6-4-7-11-17)22(29)27(37)33(24)20(16-34)18-12-8-5-9-13-18/h4-13,19-24,34H,14-16H2,1-3H3,(H,31,35)(H,32,36)/t19?,20-,21+,22+,23+,24?,29?/m1/s1. The first-order valence-corrected chi connectivity index (χ1v) is 13.9. The van der Waals surface area contributed by atoms with E-state index in [0.717, 1.165) is 5.56 Å². The molecular weight excluding hydrogens is 550 g/mol. The zero-order chi connectivity index (χ0) is 27.2. The lowest BCUT2D eigenvalue weighted by Gasteiger charge is -2.38. The summed E-state index contributed by atoms with van der Waals surface area (Å²) in [5.74, 6) is -2.59. The molecule has 202 valence electrons. The van der Waals surface area contributed by atoms with Gasteiger partial charge in [0.05, 0.1) is 30.6 Å². The van der Waals surface area contributed by atoms with Crippen LogP contribution in [0, 0.1) is 11.8 Å². The van der Waals surface area contributed by atoms with E-state index in [1.54, 1.807) is 0 Å². The van der Waals surface area contributed by atoms with Crippen molar-refractivity contribution in [1.29, 1.82) is 0 Å². The van der Waals surface area contributed by atoms with Gasteiger partial charge in [0, 0.05) is 16.9 Å². The molecule has 3 amide bonds. The largest absolute Gasteiger partial charge is 0.394 e. The quantitative estimate of drug-likeness (QED) is 0.434. The third kappa shape index (κ3) is 4.54. The highest BCUT2D eigenvalue weighted by atomic mass is 79.9. The predicted molar refractivity (Wildman–Crippen MR) is 145 cm³/mol. The molecule has 3 heterocycles. The molecule has 1 spiro atoms. The molecule has 5 rings (SSSR count). The van der Waals surface area contributed by atoms with Gasteiger partial charge in [0.15, 0.2) is 0 Å². The fourth-order valence-corrected chi connectivity index (χ4v) is 7.32. The van der Waals surface area contributed by atoms with Crippen LogP contribution in [0.5, 0.6) is 0 Å². The summed E-state index contributed by atoms with van der Waals surface area (Å²) in [6.07, 6.45) is -0.140. The molecule has 8 nitrogen and oxygen atoms in total. The Morgan fingerprint density at radius 3 is 2.34 bits per heavy atom. The second kappa shape index (κ2) is 10.1. The molecule has 3 fully saturated rings. The summed E-state index contributed by atoms with van der Waals surface area (Å²) < 4.78 is 6.55. The van der Waals surface area contributed by atoms with Crippen molar-refractivity contribution in [2.75, 3.05) is 6.61 Å². The van der Waals surface area contributed by atoms with Gasteiger partial charge in [-0.15, -0.1) is 0 Å². The lowest BCUT2D eigenvalue weighted by molar-refractivity contribution is -0.146. The number of halogens is 1. The second-order valence-electron chi connectivity index (χ2n) is 11.5. The lowest BCUT2D eigenvalue weighted by atomic mass is 9.70. The van der Waals surface area contributed by atoms with Crippen molar-refractivity contribution < 1.29 is 24.2 Å². The molecule has 7 atom stereocenters. The van der Waals surface area contributed by atoms with Crippen molar-refractivity contribution in [2.45, 2.75) is 67.9 Å². The Kier molecular flexibility index (Phi) is 7.13. The van der Waals surface area contributed by atoms with Crippen LogP contribution in [0.4, 0.5) is 0 Å². The number of hydrogen-bond donors (Lipinski definition) is 3. The SMILES string of the molecule is CC(C)(C)NC(=O)C1N([C@H](CO)c2ccccc2)C(=O)[C@@H]2[C@H](C(=O)NCc3ccccc3)[C@H]3OC12CC3Br. The minimum atomic E-state index is -1.19. The van der Waals surface area contributed by atoms with E-state index in [-0.39, 0.29) is 29.2 Å². The van der Waals surface area contributed by atoms with E-state index in [2.05, 4.69) is 26.6 Å². The van der Waals surface area contributed by atoms with Crippen LogP contribution in [0.2, 0.25) is 0 Å². The van der Waals surface area contributed by atoms with Crippen LogP contribution >= 0.6 is 15.9 Å². The molecule has 3 aliphatic rings. The van der Waals surface area contributed by atoms with Gasteiger partial charge in [-0.3, -0.25) is 14.4 Å². The van der Waals surface area contributed by atoms with Crippen molar-refractivity contribution in [3.63, 3.8) is 0 Å². The average Bonchev–Trinajstić information content (AvgIpc) is 3.47. The van der Waals surface area contributed by atoms with Crippen molar-refractivity contribution in [3.8, 4) is 0 Å². The van der Waals surface area contributed by atoms with Gasteiger partial charge < -0.3 is 25.4 Å². The van der Waals surface area contributed by atoms with E-state index in [4.69, 9.17) is 4.74 Å². The topological polar surface area (TPSA) is 108 Å². The summed E-state index contributed by atoms with van der Waals surface area (Å²) in [7, 11) is 0. The van der Waals surface area contributed by atoms with E-state index >= 15 is 0 Å². The maximum atomic E-state index is 14.3. The van der Waals surface area contributed by atoms with E-state index in [1.165, 1.54) is 4.90 Å². The summed E-state index contributed by atoms with van der Waals surface area (Å²) in [5.41, 5.74) is -0.0919. The number of nitrogens with zero attached hydrogens (tertiary/aromatic N) is 1. The Morgan fingerprint density at radius 2 is 1.74 bits per heavy atom. The van der Waals surface area contributed by atoms with Gasteiger partial charge >= 0.3 is 0 Å². The fourth-order valence-electron chi connectivity index (χ4n) is 6.37. The summed E-state index contributed by atoms with van der Waals surface area (Å²) in [5, 5.41) is 16.5. The molecule has 2 aromatic carbocycles. The van der Waals surface area contributed by atoms with Gasteiger partial charge in [0.1, 0.15) is 11.6 Å². The Bertz CT molecular complexity index is 1200.